The van der Waals surface area contributed by atoms with Crippen LogP contribution in [0.15, 0.2) is 77.9 Å². The molecular formula is C25H25NO6. The Balaban J connectivity index is 1.79. The van der Waals surface area contributed by atoms with Crippen LogP contribution in [-0.4, -0.2) is 51.0 Å². The number of fused-ring (bicyclic) bond motifs is 2. The van der Waals surface area contributed by atoms with Gasteiger partial charge in [0.25, 0.3) is 0 Å². The van der Waals surface area contributed by atoms with E-state index in [-0.39, 0.29) is 11.1 Å². The van der Waals surface area contributed by atoms with Gasteiger partial charge in [-0.2, -0.15) is 0 Å². The van der Waals surface area contributed by atoms with Crippen molar-refractivity contribution in [3.8, 4) is 5.75 Å². The molecule has 3 unspecified atom stereocenters. The average molecular weight is 435 g/mol. The smallest absolute Gasteiger partial charge is 0.337 e. The standard InChI is InChI=1S/C25H25NO6/c1-29-18-11-9-16(10-12-18)15-20(26-17-7-5-4-6-8-17)25-14-13-19(32-25)21(23(27)30-2)22(25)24(28)31-3/h4-14,19-20,26H,15H2,1-3H3. The lowest BCUT2D eigenvalue weighted by Crippen LogP contribution is -2.49. The fraction of sp³-hybridized carbons (Fsp3) is 0.280. The third-order valence-electron chi connectivity index (χ3n) is 5.81. The lowest BCUT2D eigenvalue weighted by Gasteiger charge is -2.36. The average Bonchev–Trinajstić information content (AvgIpc) is 3.42. The summed E-state index contributed by atoms with van der Waals surface area (Å²) < 4.78 is 21.6. The van der Waals surface area contributed by atoms with Crippen molar-refractivity contribution in [3.05, 3.63) is 83.5 Å². The van der Waals surface area contributed by atoms with Crippen molar-refractivity contribution in [3.63, 3.8) is 0 Å². The molecule has 0 saturated heterocycles. The van der Waals surface area contributed by atoms with Crippen molar-refractivity contribution in [2.45, 2.75) is 24.2 Å². The Morgan fingerprint density at radius 2 is 1.69 bits per heavy atom. The summed E-state index contributed by atoms with van der Waals surface area (Å²) in [6, 6.07) is 16.9. The van der Waals surface area contributed by atoms with Crippen molar-refractivity contribution in [2.24, 2.45) is 0 Å². The van der Waals surface area contributed by atoms with Gasteiger partial charge in [-0.05, 0) is 42.3 Å². The van der Waals surface area contributed by atoms with Gasteiger partial charge in [0.1, 0.15) is 17.5 Å². The topological polar surface area (TPSA) is 83.1 Å². The number of nitrogens with one attached hydrogen (secondary N) is 1. The highest BCUT2D eigenvalue weighted by Gasteiger charge is 2.58. The largest absolute Gasteiger partial charge is 0.497 e. The predicted molar refractivity (Wildman–Crippen MR) is 118 cm³/mol. The fourth-order valence-electron chi connectivity index (χ4n) is 4.28. The summed E-state index contributed by atoms with van der Waals surface area (Å²) in [5.41, 5.74) is 1.01. The van der Waals surface area contributed by atoms with Crippen LogP contribution in [0.1, 0.15) is 5.56 Å². The Kier molecular flexibility index (Phi) is 6.01. The molecule has 0 aliphatic carbocycles. The van der Waals surface area contributed by atoms with Gasteiger partial charge < -0.3 is 24.3 Å². The first-order valence-electron chi connectivity index (χ1n) is 10.3. The van der Waals surface area contributed by atoms with Gasteiger partial charge in [0.15, 0.2) is 0 Å². The number of rotatable bonds is 8. The van der Waals surface area contributed by atoms with Crippen LogP contribution in [0.4, 0.5) is 5.69 Å². The third-order valence-corrected chi connectivity index (χ3v) is 5.81. The van der Waals surface area contributed by atoms with E-state index >= 15 is 0 Å². The second-order valence-corrected chi connectivity index (χ2v) is 7.58. The highest BCUT2D eigenvalue weighted by molar-refractivity contribution is 6.05. The van der Waals surface area contributed by atoms with Crippen LogP contribution < -0.4 is 10.1 Å². The molecule has 0 aromatic heterocycles. The number of hydrogen-bond donors (Lipinski definition) is 1. The summed E-state index contributed by atoms with van der Waals surface area (Å²) in [6.45, 7) is 0. The van der Waals surface area contributed by atoms with Gasteiger partial charge in [-0.15, -0.1) is 0 Å². The minimum atomic E-state index is -1.20. The Bertz CT molecular complexity index is 1060. The molecule has 32 heavy (non-hydrogen) atoms. The zero-order chi connectivity index (χ0) is 22.7. The first-order chi connectivity index (χ1) is 15.5. The van der Waals surface area contributed by atoms with Crippen LogP contribution in [0.5, 0.6) is 5.75 Å². The van der Waals surface area contributed by atoms with Crippen LogP contribution in [0.2, 0.25) is 0 Å². The number of para-hydroxylation sites is 1. The Morgan fingerprint density at radius 1 is 1.00 bits per heavy atom. The second-order valence-electron chi connectivity index (χ2n) is 7.58. The Morgan fingerprint density at radius 3 is 2.31 bits per heavy atom. The van der Waals surface area contributed by atoms with Crippen LogP contribution in [0.25, 0.3) is 0 Å². The van der Waals surface area contributed by atoms with Gasteiger partial charge in [0.2, 0.25) is 0 Å². The van der Waals surface area contributed by atoms with E-state index in [1.165, 1.54) is 14.2 Å². The normalized spacial score (nSPS) is 21.9. The number of ether oxygens (including phenoxy) is 4. The van der Waals surface area contributed by atoms with Crippen LogP contribution in [0, 0.1) is 0 Å². The summed E-state index contributed by atoms with van der Waals surface area (Å²) in [4.78, 5) is 25.4. The number of carbonyl (C=O) groups excluding carboxylic acids is 2. The molecule has 0 spiro atoms. The lowest BCUT2D eigenvalue weighted by molar-refractivity contribution is -0.139. The zero-order valence-electron chi connectivity index (χ0n) is 18.2. The molecule has 4 rings (SSSR count). The maximum atomic E-state index is 12.9. The van der Waals surface area contributed by atoms with Gasteiger partial charge in [0.05, 0.1) is 38.5 Å². The maximum Gasteiger partial charge on any atom is 0.337 e. The van der Waals surface area contributed by atoms with E-state index < -0.39 is 29.7 Å². The van der Waals surface area contributed by atoms with Crippen molar-refractivity contribution >= 4 is 17.6 Å². The summed E-state index contributed by atoms with van der Waals surface area (Å²) >= 11 is 0. The van der Waals surface area contributed by atoms with Gasteiger partial charge in [-0.25, -0.2) is 9.59 Å². The molecule has 7 nitrogen and oxygen atoms in total. The van der Waals surface area contributed by atoms with E-state index in [0.29, 0.717) is 6.42 Å². The van der Waals surface area contributed by atoms with Crippen LogP contribution in [-0.2, 0) is 30.2 Å². The number of carbonyl (C=O) groups is 2. The molecule has 1 N–H and O–H groups in total. The number of anilines is 1. The van der Waals surface area contributed by atoms with E-state index in [1.807, 2.05) is 60.7 Å². The van der Waals surface area contributed by atoms with Crippen molar-refractivity contribution in [1.29, 1.82) is 0 Å². The molecule has 0 radical (unpaired) electrons. The van der Waals surface area contributed by atoms with E-state index in [0.717, 1.165) is 17.0 Å². The van der Waals surface area contributed by atoms with Crippen LogP contribution in [0.3, 0.4) is 0 Å². The number of methoxy groups -OCH3 is 3. The molecule has 2 bridgehead atoms. The Hall–Kier alpha value is -3.58. The monoisotopic (exact) mass is 435 g/mol. The van der Waals surface area contributed by atoms with E-state index in [9.17, 15) is 9.59 Å². The molecule has 2 heterocycles. The number of hydrogen-bond acceptors (Lipinski definition) is 7. The summed E-state index contributed by atoms with van der Waals surface area (Å²) in [5.74, 6) is -0.475. The number of benzene rings is 2. The van der Waals surface area contributed by atoms with Crippen molar-refractivity contribution < 1.29 is 28.5 Å². The summed E-state index contributed by atoms with van der Waals surface area (Å²) in [5, 5.41) is 3.50. The molecule has 0 fully saturated rings. The van der Waals surface area contributed by atoms with Crippen LogP contribution >= 0.6 is 0 Å². The first-order valence-corrected chi connectivity index (χ1v) is 10.3. The molecule has 3 atom stereocenters. The lowest BCUT2D eigenvalue weighted by atomic mass is 9.79. The highest BCUT2D eigenvalue weighted by atomic mass is 16.6. The molecule has 2 aliphatic heterocycles. The zero-order valence-corrected chi connectivity index (χ0v) is 18.2. The summed E-state index contributed by atoms with van der Waals surface area (Å²) in [7, 11) is 4.19. The van der Waals surface area contributed by atoms with E-state index in [1.54, 1.807) is 13.2 Å². The maximum absolute atomic E-state index is 12.9. The van der Waals surface area contributed by atoms with E-state index in [2.05, 4.69) is 5.32 Å². The number of esters is 2. The van der Waals surface area contributed by atoms with Crippen molar-refractivity contribution in [2.75, 3.05) is 26.6 Å². The first kappa shape index (κ1) is 21.6. The van der Waals surface area contributed by atoms with E-state index in [4.69, 9.17) is 18.9 Å². The minimum Gasteiger partial charge on any atom is -0.497 e. The SMILES string of the molecule is COC(=O)C1=C(C(=O)OC)C2(C(Cc3ccc(OC)cc3)Nc3ccccc3)C=CC1O2. The molecule has 2 aliphatic rings. The predicted octanol–water partition coefficient (Wildman–Crippen LogP) is 3.07. The van der Waals surface area contributed by atoms with Crippen molar-refractivity contribution in [1.82, 2.24) is 0 Å². The molecule has 2 aromatic carbocycles. The molecule has 0 saturated carbocycles. The quantitative estimate of drug-likeness (QED) is 0.504. The highest BCUT2D eigenvalue weighted by Crippen LogP contribution is 2.47. The fourth-order valence-corrected chi connectivity index (χ4v) is 4.28. The van der Waals surface area contributed by atoms with Gasteiger partial charge in [-0.1, -0.05) is 36.4 Å². The molecule has 7 heteroatoms. The second kappa shape index (κ2) is 8.88. The van der Waals surface area contributed by atoms with Gasteiger partial charge in [-0.3, -0.25) is 0 Å². The van der Waals surface area contributed by atoms with Gasteiger partial charge in [0, 0.05) is 5.69 Å². The summed E-state index contributed by atoms with van der Waals surface area (Å²) in [6.07, 6.45) is 3.45. The Labute approximate surface area is 186 Å². The third kappa shape index (κ3) is 3.76. The molecule has 0 amide bonds. The van der Waals surface area contributed by atoms with Gasteiger partial charge >= 0.3 is 11.9 Å². The molecule has 166 valence electrons. The molecule has 2 aromatic rings. The minimum absolute atomic E-state index is 0.168. The molecular weight excluding hydrogens is 410 g/mol.